The van der Waals surface area contributed by atoms with Gasteiger partial charge in [0.1, 0.15) is 5.82 Å². The minimum atomic E-state index is 0.0790. The Morgan fingerprint density at radius 2 is 1.89 bits per heavy atom. The summed E-state index contributed by atoms with van der Waals surface area (Å²) in [6.07, 6.45) is 0. The molecule has 0 aliphatic rings. The number of anilines is 1. The Morgan fingerprint density at radius 3 is 2.63 bits per heavy atom. The predicted molar refractivity (Wildman–Crippen MR) is 76.7 cm³/mol. The lowest BCUT2D eigenvalue weighted by Gasteiger charge is -2.07. The molecule has 0 spiro atoms. The van der Waals surface area contributed by atoms with Crippen molar-refractivity contribution in [3.05, 3.63) is 48.5 Å². The number of hydrogen-bond acceptors (Lipinski definition) is 3. The van der Waals surface area contributed by atoms with Gasteiger partial charge in [-0.05, 0) is 18.2 Å². The third kappa shape index (κ3) is 2.06. The molecule has 0 bridgehead atoms. The summed E-state index contributed by atoms with van der Waals surface area (Å²) in [7, 11) is 0. The summed E-state index contributed by atoms with van der Waals surface area (Å²) in [5.74, 6) is 0.857. The third-order valence-corrected chi connectivity index (χ3v) is 3.13. The molecule has 0 fully saturated rings. The fourth-order valence-corrected chi connectivity index (χ4v) is 2.28. The van der Waals surface area contributed by atoms with Crippen LogP contribution in [0.4, 0.5) is 5.69 Å². The Kier molecular flexibility index (Phi) is 2.93. The quantitative estimate of drug-likeness (QED) is 0.704. The molecule has 2 aromatic carbocycles. The summed E-state index contributed by atoms with van der Waals surface area (Å²) >= 11 is 0. The zero-order valence-electron chi connectivity index (χ0n) is 10.5. The van der Waals surface area contributed by atoms with Crippen molar-refractivity contribution in [2.75, 3.05) is 12.3 Å². The van der Waals surface area contributed by atoms with Gasteiger partial charge in [0.05, 0.1) is 17.6 Å². The minimum Gasteiger partial charge on any atom is -0.399 e. The van der Waals surface area contributed by atoms with Gasteiger partial charge in [-0.3, -0.25) is 0 Å². The van der Waals surface area contributed by atoms with E-state index >= 15 is 0 Å². The molecule has 4 heteroatoms. The number of hydrogen-bond donors (Lipinski definition) is 2. The van der Waals surface area contributed by atoms with E-state index in [-0.39, 0.29) is 6.61 Å². The normalized spacial score (nSPS) is 11.0. The molecule has 0 amide bonds. The highest BCUT2D eigenvalue weighted by Crippen LogP contribution is 2.25. The summed E-state index contributed by atoms with van der Waals surface area (Å²) in [6.45, 7) is 0.598. The summed E-state index contributed by atoms with van der Waals surface area (Å²) in [6, 6.07) is 15.6. The van der Waals surface area contributed by atoms with Crippen LogP contribution in [0.15, 0.2) is 48.5 Å². The lowest BCUT2D eigenvalue weighted by molar-refractivity contribution is 0.278. The van der Waals surface area contributed by atoms with Crippen LogP contribution >= 0.6 is 0 Å². The molecule has 0 aliphatic carbocycles. The van der Waals surface area contributed by atoms with E-state index < -0.39 is 0 Å². The van der Waals surface area contributed by atoms with Crippen LogP contribution in [0.3, 0.4) is 0 Å². The van der Waals surface area contributed by atoms with Gasteiger partial charge in [0.25, 0.3) is 0 Å². The van der Waals surface area contributed by atoms with Crippen molar-refractivity contribution >= 4 is 16.7 Å². The fraction of sp³-hybridized carbons (Fsp3) is 0.133. The van der Waals surface area contributed by atoms with Gasteiger partial charge >= 0.3 is 0 Å². The van der Waals surface area contributed by atoms with Gasteiger partial charge in [0.15, 0.2) is 0 Å². The second kappa shape index (κ2) is 4.74. The smallest absolute Gasteiger partial charge is 0.141 e. The lowest BCUT2D eigenvalue weighted by Crippen LogP contribution is -2.04. The van der Waals surface area contributed by atoms with Gasteiger partial charge < -0.3 is 15.4 Å². The number of nitrogen functional groups attached to an aromatic ring is 1. The zero-order valence-corrected chi connectivity index (χ0v) is 10.5. The Morgan fingerprint density at radius 1 is 1.11 bits per heavy atom. The fourth-order valence-electron chi connectivity index (χ4n) is 2.28. The van der Waals surface area contributed by atoms with Gasteiger partial charge in [-0.2, -0.15) is 0 Å². The van der Waals surface area contributed by atoms with E-state index in [1.807, 2.05) is 53.1 Å². The standard InChI is InChI=1S/C15H15N3O/c16-12-6-7-14-13(10-12)17-15(18(14)8-9-19)11-4-2-1-3-5-11/h1-7,10,19H,8-9,16H2. The highest BCUT2D eigenvalue weighted by molar-refractivity contribution is 5.83. The molecule has 0 aliphatic heterocycles. The van der Waals surface area contributed by atoms with Crippen LogP contribution in [0, 0.1) is 0 Å². The molecular formula is C15H15N3O. The second-order valence-electron chi connectivity index (χ2n) is 4.42. The average Bonchev–Trinajstić information content (AvgIpc) is 2.78. The highest BCUT2D eigenvalue weighted by atomic mass is 16.3. The molecule has 0 saturated heterocycles. The predicted octanol–water partition coefficient (Wildman–Crippen LogP) is 2.28. The van der Waals surface area contributed by atoms with E-state index in [0.717, 1.165) is 22.4 Å². The van der Waals surface area contributed by atoms with E-state index in [4.69, 9.17) is 5.73 Å². The molecular weight excluding hydrogens is 238 g/mol. The molecule has 0 saturated carbocycles. The van der Waals surface area contributed by atoms with Gasteiger partial charge in [-0.15, -0.1) is 0 Å². The van der Waals surface area contributed by atoms with Crippen molar-refractivity contribution in [1.82, 2.24) is 9.55 Å². The maximum absolute atomic E-state index is 9.25. The molecule has 0 unspecified atom stereocenters. The van der Waals surface area contributed by atoms with Crippen LogP contribution in [-0.4, -0.2) is 21.3 Å². The second-order valence-corrected chi connectivity index (χ2v) is 4.42. The van der Waals surface area contributed by atoms with E-state index in [1.165, 1.54) is 0 Å². The molecule has 1 heterocycles. The number of benzene rings is 2. The largest absolute Gasteiger partial charge is 0.399 e. The number of aromatic nitrogens is 2. The number of nitrogens with zero attached hydrogens (tertiary/aromatic N) is 2. The van der Waals surface area contributed by atoms with Crippen molar-refractivity contribution in [2.24, 2.45) is 0 Å². The summed E-state index contributed by atoms with van der Waals surface area (Å²) in [5, 5.41) is 9.25. The number of aliphatic hydroxyl groups excluding tert-OH is 1. The zero-order chi connectivity index (χ0) is 13.2. The van der Waals surface area contributed by atoms with Crippen LogP contribution in [0.5, 0.6) is 0 Å². The topological polar surface area (TPSA) is 64.1 Å². The molecule has 3 rings (SSSR count). The molecule has 3 N–H and O–H groups in total. The summed E-state index contributed by atoms with van der Waals surface area (Å²) in [5.41, 5.74) is 9.37. The van der Waals surface area contributed by atoms with Crippen molar-refractivity contribution < 1.29 is 5.11 Å². The lowest BCUT2D eigenvalue weighted by atomic mass is 10.2. The molecule has 0 atom stereocenters. The third-order valence-electron chi connectivity index (χ3n) is 3.13. The van der Waals surface area contributed by atoms with Crippen molar-refractivity contribution in [3.63, 3.8) is 0 Å². The Hall–Kier alpha value is -2.33. The highest BCUT2D eigenvalue weighted by Gasteiger charge is 2.11. The number of nitrogens with two attached hydrogens (primary N) is 1. The molecule has 96 valence electrons. The Bertz CT molecular complexity index is 704. The molecule has 1 aromatic heterocycles. The van der Waals surface area contributed by atoms with E-state index in [1.54, 1.807) is 0 Å². The molecule has 4 nitrogen and oxygen atoms in total. The van der Waals surface area contributed by atoms with Crippen molar-refractivity contribution in [3.8, 4) is 11.4 Å². The molecule has 19 heavy (non-hydrogen) atoms. The van der Waals surface area contributed by atoms with Crippen molar-refractivity contribution in [2.45, 2.75) is 6.54 Å². The Balaban J connectivity index is 2.26. The molecule has 3 aromatic rings. The van der Waals surface area contributed by atoms with Gasteiger partial charge in [-0.25, -0.2) is 4.98 Å². The SMILES string of the molecule is Nc1ccc2c(c1)nc(-c1ccccc1)n2CCO. The van der Waals surface area contributed by atoms with Gasteiger partial charge in [0, 0.05) is 17.8 Å². The van der Waals surface area contributed by atoms with Crippen LogP contribution in [0.1, 0.15) is 0 Å². The first-order valence-electron chi connectivity index (χ1n) is 6.21. The number of imidazole rings is 1. The van der Waals surface area contributed by atoms with Crippen LogP contribution in [-0.2, 0) is 6.54 Å². The first-order chi connectivity index (χ1) is 9.29. The average molecular weight is 253 g/mol. The maximum Gasteiger partial charge on any atom is 0.141 e. The summed E-state index contributed by atoms with van der Waals surface area (Å²) < 4.78 is 2.02. The van der Waals surface area contributed by atoms with Crippen molar-refractivity contribution in [1.29, 1.82) is 0 Å². The minimum absolute atomic E-state index is 0.0790. The van der Waals surface area contributed by atoms with Gasteiger partial charge in [-0.1, -0.05) is 30.3 Å². The van der Waals surface area contributed by atoms with Crippen LogP contribution in [0.25, 0.3) is 22.4 Å². The van der Waals surface area contributed by atoms with Crippen LogP contribution in [0.2, 0.25) is 0 Å². The van der Waals surface area contributed by atoms with E-state index in [2.05, 4.69) is 4.98 Å². The summed E-state index contributed by atoms with van der Waals surface area (Å²) in [4.78, 5) is 4.63. The van der Waals surface area contributed by atoms with Crippen LogP contribution < -0.4 is 5.73 Å². The first-order valence-corrected chi connectivity index (χ1v) is 6.21. The number of fused-ring (bicyclic) bond motifs is 1. The number of aliphatic hydroxyl groups is 1. The maximum atomic E-state index is 9.25. The number of rotatable bonds is 3. The van der Waals surface area contributed by atoms with E-state index in [0.29, 0.717) is 12.2 Å². The van der Waals surface area contributed by atoms with E-state index in [9.17, 15) is 5.11 Å². The molecule has 0 radical (unpaired) electrons. The monoisotopic (exact) mass is 253 g/mol. The van der Waals surface area contributed by atoms with Gasteiger partial charge in [0.2, 0.25) is 0 Å². The Labute approximate surface area is 111 Å². The first kappa shape index (κ1) is 11.7.